The van der Waals surface area contributed by atoms with Gasteiger partial charge in [0, 0.05) is 25.9 Å². The summed E-state index contributed by atoms with van der Waals surface area (Å²) < 4.78 is 0. The van der Waals surface area contributed by atoms with Crippen LogP contribution in [0.15, 0.2) is 0 Å². The predicted molar refractivity (Wildman–Crippen MR) is 56.9 cm³/mol. The van der Waals surface area contributed by atoms with Crippen LogP contribution >= 0.6 is 0 Å². The van der Waals surface area contributed by atoms with E-state index in [0.29, 0.717) is 0 Å². The maximum absolute atomic E-state index is 11.7. The Labute approximate surface area is 86.5 Å². The second kappa shape index (κ2) is 6.57. The van der Waals surface area contributed by atoms with Crippen molar-refractivity contribution in [2.75, 3.05) is 14.1 Å². The van der Waals surface area contributed by atoms with Gasteiger partial charge in [0.15, 0.2) is 0 Å². The van der Waals surface area contributed by atoms with Crippen LogP contribution in [0.25, 0.3) is 0 Å². The van der Waals surface area contributed by atoms with Crippen LogP contribution in [0.3, 0.4) is 0 Å². The fraction of sp³-hybridized carbons (Fsp3) is 0.818. The van der Waals surface area contributed by atoms with E-state index in [0.717, 1.165) is 25.5 Å². The lowest BCUT2D eigenvalue weighted by Gasteiger charge is -2.23. The summed E-state index contributed by atoms with van der Waals surface area (Å²) in [6, 6.07) is 0. The molecule has 0 aliphatic carbocycles. The number of carbonyl (C=O) groups excluding carboxylic acids is 2. The summed E-state index contributed by atoms with van der Waals surface area (Å²) in [5, 5.41) is 0. The monoisotopic (exact) mass is 199 g/mol. The molecule has 0 saturated carbocycles. The molecule has 82 valence electrons. The maximum Gasteiger partial charge on any atom is 0.225 e. The van der Waals surface area contributed by atoms with Crippen LogP contribution in [-0.2, 0) is 9.59 Å². The number of carbonyl (C=O) groups is 2. The number of rotatable bonds is 6. The van der Waals surface area contributed by atoms with Crippen LogP contribution in [0.2, 0.25) is 0 Å². The van der Waals surface area contributed by atoms with Gasteiger partial charge in [0.1, 0.15) is 6.29 Å². The smallest absolute Gasteiger partial charge is 0.225 e. The topological polar surface area (TPSA) is 37.4 Å². The molecule has 1 amide bonds. The maximum atomic E-state index is 11.7. The Morgan fingerprint density at radius 2 is 1.93 bits per heavy atom. The molecule has 3 nitrogen and oxygen atoms in total. The Hall–Kier alpha value is -0.860. The zero-order valence-electron chi connectivity index (χ0n) is 9.62. The first kappa shape index (κ1) is 13.1. The third kappa shape index (κ3) is 3.48. The minimum absolute atomic E-state index is 0.0676. The first-order chi connectivity index (χ1) is 6.58. The molecule has 0 aromatic carbocycles. The summed E-state index contributed by atoms with van der Waals surface area (Å²) in [7, 11) is 3.47. The van der Waals surface area contributed by atoms with Crippen LogP contribution in [0.4, 0.5) is 0 Å². The Kier molecular flexibility index (Phi) is 6.17. The number of aldehydes is 1. The quantitative estimate of drug-likeness (QED) is 0.611. The number of hydrogen-bond acceptors (Lipinski definition) is 2. The Morgan fingerprint density at radius 3 is 2.21 bits per heavy atom. The molecule has 0 saturated heterocycles. The van der Waals surface area contributed by atoms with E-state index in [-0.39, 0.29) is 17.7 Å². The Bertz CT molecular complexity index is 190. The Balaban J connectivity index is 4.50. The summed E-state index contributed by atoms with van der Waals surface area (Å²) in [6.45, 7) is 3.99. The third-order valence-electron chi connectivity index (χ3n) is 2.51. The SMILES string of the molecule is CCCC(C=O)C(CC)C(=O)N(C)C. The van der Waals surface area contributed by atoms with E-state index in [1.807, 2.05) is 13.8 Å². The van der Waals surface area contributed by atoms with Crippen LogP contribution in [0.1, 0.15) is 33.1 Å². The summed E-state index contributed by atoms with van der Waals surface area (Å²) in [4.78, 5) is 24.1. The molecule has 0 fully saturated rings. The van der Waals surface area contributed by atoms with E-state index in [1.165, 1.54) is 0 Å². The zero-order valence-corrected chi connectivity index (χ0v) is 9.62. The van der Waals surface area contributed by atoms with Gasteiger partial charge in [0.05, 0.1) is 0 Å². The van der Waals surface area contributed by atoms with Crippen molar-refractivity contribution in [3.63, 3.8) is 0 Å². The van der Waals surface area contributed by atoms with Gasteiger partial charge in [-0.25, -0.2) is 0 Å². The van der Waals surface area contributed by atoms with Gasteiger partial charge in [-0.15, -0.1) is 0 Å². The number of nitrogens with zero attached hydrogens (tertiary/aromatic N) is 1. The van der Waals surface area contributed by atoms with E-state index in [9.17, 15) is 9.59 Å². The van der Waals surface area contributed by atoms with Gasteiger partial charge in [0.2, 0.25) is 5.91 Å². The molecular weight excluding hydrogens is 178 g/mol. The molecule has 0 N–H and O–H groups in total. The van der Waals surface area contributed by atoms with E-state index < -0.39 is 0 Å². The summed E-state index contributed by atoms with van der Waals surface area (Å²) in [6.07, 6.45) is 3.42. The highest BCUT2D eigenvalue weighted by Gasteiger charge is 2.26. The van der Waals surface area contributed by atoms with E-state index in [1.54, 1.807) is 19.0 Å². The average Bonchev–Trinajstić information content (AvgIpc) is 2.17. The normalized spacial score (nSPS) is 14.6. The van der Waals surface area contributed by atoms with Gasteiger partial charge in [-0.3, -0.25) is 4.79 Å². The second-order valence-corrected chi connectivity index (χ2v) is 3.84. The van der Waals surface area contributed by atoms with Gasteiger partial charge in [-0.2, -0.15) is 0 Å². The van der Waals surface area contributed by atoms with Crippen molar-refractivity contribution in [2.24, 2.45) is 11.8 Å². The van der Waals surface area contributed by atoms with Gasteiger partial charge >= 0.3 is 0 Å². The van der Waals surface area contributed by atoms with Crippen molar-refractivity contribution in [1.82, 2.24) is 4.90 Å². The van der Waals surface area contributed by atoms with Crippen LogP contribution in [-0.4, -0.2) is 31.2 Å². The fourth-order valence-corrected chi connectivity index (χ4v) is 1.69. The van der Waals surface area contributed by atoms with Gasteiger partial charge in [0.25, 0.3) is 0 Å². The molecule has 0 spiro atoms. The van der Waals surface area contributed by atoms with Crippen molar-refractivity contribution in [3.8, 4) is 0 Å². The molecular formula is C11H21NO2. The highest BCUT2D eigenvalue weighted by molar-refractivity contribution is 5.81. The summed E-state index contributed by atoms with van der Waals surface area (Å²) in [5.41, 5.74) is 0. The van der Waals surface area contributed by atoms with Crippen LogP contribution < -0.4 is 0 Å². The average molecular weight is 199 g/mol. The second-order valence-electron chi connectivity index (χ2n) is 3.84. The number of amides is 1. The van der Waals surface area contributed by atoms with Crippen molar-refractivity contribution in [3.05, 3.63) is 0 Å². The molecule has 14 heavy (non-hydrogen) atoms. The minimum Gasteiger partial charge on any atom is -0.349 e. The molecule has 0 bridgehead atoms. The lowest BCUT2D eigenvalue weighted by molar-refractivity contribution is -0.137. The summed E-state index contributed by atoms with van der Waals surface area (Å²) >= 11 is 0. The van der Waals surface area contributed by atoms with Crippen LogP contribution in [0.5, 0.6) is 0 Å². The van der Waals surface area contributed by atoms with E-state index >= 15 is 0 Å². The molecule has 0 aliphatic rings. The van der Waals surface area contributed by atoms with Gasteiger partial charge in [-0.1, -0.05) is 20.3 Å². The molecule has 0 aliphatic heterocycles. The molecule has 0 radical (unpaired) electrons. The lowest BCUT2D eigenvalue weighted by Crippen LogP contribution is -2.34. The van der Waals surface area contributed by atoms with Crippen molar-refractivity contribution < 1.29 is 9.59 Å². The van der Waals surface area contributed by atoms with E-state index in [2.05, 4.69) is 0 Å². The first-order valence-electron chi connectivity index (χ1n) is 5.24. The standard InChI is InChI=1S/C11H21NO2/c1-5-7-9(8-13)10(6-2)11(14)12(3)4/h8-10H,5-7H2,1-4H3. The molecule has 0 rings (SSSR count). The molecule has 0 heterocycles. The molecule has 2 unspecified atom stereocenters. The van der Waals surface area contributed by atoms with Crippen molar-refractivity contribution >= 4 is 12.2 Å². The van der Waals surface area contributed by atoms with Gasteiger partial charge < -0.3 is 9.69 Å². The van der Waals surface area contributed by atoms with Crippen molar-refractivity contribution in [2.45, 2.75) is 33.1 Å². The predicted octanol–water partition coefficient (Wildman–Crippen LogP) is 1.72. The number of hydrogen-bond donors (Lipinski definition) is 0. The molecule has 3 heteroatoms. The molecule has 0 aromatic heterocycles. The highest BCUT2D eigenvalue weighted by Crippen LogP contribution is 2.20. The summed E-state index contributed by atoms with van der Waals surface area (Å²) in [5.74, 6) is -0.180. The van der Waals surface area contributed by atoms with Crippen molar-refractivity contribution in [1.29, 1.82) is 0 Å². The zero-order chi connectivity index (χ0) is 11.1. The highest BCUT2D eigenvalue weighted by atomic mass is 16.2. The van der Waals surface area contributed by atoms with E-state index in [4.69, 9.17) is 0 Å². The fourth-order valence-electron chi connectivity index (χ4n) is 1.69. The molecule has 0 aromatic rings. The third-order valence-corrected chi connectivity index (χ3v) is 2.51. The Morgan fingerprint density at radius 1 is 1.36 bits per heavy atom. The van der Waals surface area contributed by atoms with Gasteiger partial charge in [-0.05, 0) is 12.8 Å². The first-order valence-corrected chi connectivity index (χ1v) is 5.24. The van der Waals surface area contributed by atoms with Crippen LogP contribution in [0, 0.1) is 11.8 Å². The largest absolute Gasteiger partial charge is 0.349 e. The lowest BCUT2D eigenvalue weighted by atomic mass is 9.87. The minimum atomic E-state index is -0.137. The molecule has 2 atom stereocenters.